The van der Waals surface area contributed by atoms with Gasteiger partial charge in [-0.3, -0.25) is 14.5 Å². The molecule has 1 aromatic rings. The van der Waals surface area contributed by atoms with E-state index in [-0.39, 0.29) is 35.5 Å². The number of rotatable bonds is 5. The zero-order chi connectivity index (χ0) is 16.8. The van der Waals surface area contributed by atoms with E-state index >= 15 is 0 Å². The first-order valence-corrected chi connectivity index (χ1v) is 8.38. The highest BCUT2D eigenvalue weighted by Gasteiger charge is 2.58. The number of benzene rings is 1. The third-order valence-electron chi connectivity index (χ3n) is 5.63. The Morgan fingerprint density at radius 3 is 2.21 bits per heavy atom. The zero-order valence-electron chi connectivity index (χ0n) is 13.9. The van der Waals surface area contributed by atoms with Gasteiger partial charge in [0.25, 0.3) is 0 Å². The minimum atomic E-state index is -0.113. The van der Waals surface area contributed by atoms with Gasteiger partial charge in [-0.15, -0.1) is 0 Å². The molecule has 5 nitrogen and oxygen atoms in total. The molecule has 1 aliphatic heterocycles. The molecule has 0 unspecified atom stereocenters. The molecular formula is C19H21NO4. The van der Waals surface area contributed by atoms with Gasteiger partial charge in [0.05, 0.1) is 26.1 Å². The summed E-state index contributed by atoms with van der Waals surface area (Å²) in [5.41, 5.74) is 1.02. The van der Waals surface area contributed by atoms with Crippen LogP contribution in [0.25, 0.3) is 0 Å². The Balaban J connectivity index is 1.47. The third-order valence-corrected chi connectivity index (χ3v) is 5.63. The van der Waals surface area contributed by atoms with Crippen molar-refractivity contribution in [3.63, 3.8) is 0 Å². The summed E-state index contributed by atoms with van der Waals surface area (Å²) in [4.78, 5) is 26.8. The summed E-state index contributed by atoms with van der Waals surface area (Å²) in [6.07, 6.45) is 5.83. The van der Waals surface area contributed by atoms with E-state index in [1.165, 1.54) is 4.90 Å². The lowest BCUT2D eigenvalue weighted by Gasteiger charge is -2.17. The molecule has 3 aliphatic rings. The van der Waals surface area contributed by atoms with E-state index < -0.39 is 0 Å². The summed E-state index contributed by atoms with van der Waals surface area (Å²) in [6.45, 7) is 0.430. The highest BCUT2D eigenvalue weighted by atomic mass is 16.5. The Hall–Kier alpha value is -2.30. The highest BCUT2D eigenvalue weighted by molar-refractivity contribution is 6.06. The standard InChI is InChI=1S/C19H21NO4/c1-23-14-6-3-11(9-15(14)24-2)7-8-20-18(21)16-12-4-5-13(10-12)17(16)19(20)22/h3-6,9,12-13,16-17H,7-8,10H2,1-2H3/t12-,13-,16-,17+/m0/s1. The average molecular weight is 327 g/mol. The van der Waals surface area contributed by atoms with Crippen molar-refractivity contribution < 1.29 is 19.1 Å². The average Bonchev–Trinajstić information content (AvgIpc) is 3.27. The monoisotopic (exact) mass is 327 g/mol. The second kappa shape index (κ2) is 5.65. The minimum Gasteiger partial charge on any atom is -0.493 e. The van der Waals surface area contributed by atoms with Crippen LogP contribution in [0.15, 0.2) is 30.4 Å². The molecule has 1 saturated carbocycles. The molecule has 1 aromatic carbocycles. The van der Waals surface area contributed by atoms with Crippen molar-refractivity contribution in [1.29, 1.82) is 0 Å². The number of likely N-dealkylation sites (tertiary alicyclic amines) is 1. The van der Waals surface area contributed by atoms with Crippen LogP contribution < -0.4 is 9.47 Å². The number of ether oxygens (including phenoxy) is 2. The number of carbonyl (C=O) groups excluding carboxylic acids is 2. The van der Waals surface area contributed by atoms with Crippen LogP contribution in [0, 0.1) is 23.7 Å². The quantitative estimate of drug-likeness (QED) is 0.613. The molecule has 5 heteroatoms. The number of allylic oxidation sites excluding steroid dienone is 2. The van der Waals surface area contributed by atoms with Gasteiger partial charge < -0.3 is 9.47 Å². The molecule has 1 heterocycles. The van der Waals surface area contributed by atoms with Crippen molar-refractivity contribution >= 4 is 11.8 Å². The maximum atomic E-state index is 12.7. The summed E-state index contributed by atoms with van der Waals surface area (Å²) in [5, 5.41) is 0. The fourth-order valence-corrected chi connectivity index (χ4v) is 4.46. The van der Waals surface area contributed by atoms with Crippen molar-refractivity contribution in [2.24, 2.45) is 23.7 Å². The first-order chi connectivity index (χ1) is 11.6. The third kappa shape index (κ3) is 2.14. The van der Waals surface area contributed by atoms with Gasteiger partial charge in [-0.2, -0.15) is 0 Å². The van der Waals surface area contributed by atoms with Gasteiger partial charge >= 0.3 is 0 Å². The van der Waals surface area contributed by atoms with Crippen LogP contribution in [-0.2, 0) is 16.0 Å². The first-order valence-electron chi connectivity index (χ1n) is 8.38. The topological polar surface area (TPSA) is 55.8 Å². The lowest BCUT2D eigenvalue weighted by Crippen LogP contribution is -2.34. The second-order valence-electron chi connectivity index (χ2n) is 6.77. The number of hydrogen-bond donors (Lipinski definition) is 0. The van der Waals surface area contributed by atoms with Gasteiger partial charge in [-0.05, 0) is 42.4 Å². The van der Waals surface area contributed by atoms with Gasteiger partial charge in [-0.1, -0.05) is 18.2 Å². The van der Waals surface area contributed by atoms with E-state index in [4.69, 9.17) is 9.47 Å². The van der Waals surface area contributed by atoms with E-state index in [9.17, 15) is 9.59 Å². The van der Waals surface area contributed by atoms with Gasteiger partial charge in [0.15, 0.2) is 11.5 Å². The lowest BCUT2D eigenvalue weighted by atomic mass is 9.85. The summed E-state index contributed by atoms with van der Waals surface area (Å²) in [7, 11) is 3.19. The maximum Gasteiger partial charge on any atom is 0.233 e. The van der Waals surface area contributed by atoms with Crippen molar-refractivity contribution in [1.82, 2.24) is 4.90 Å². The number of nitrogens with zero attached hydrogens (tertiary/aromatic N) is 1. The van der Waals surface area contributed by atoms with Crippen molar-refractivity contribution in [3.8, 4) is 11.5 Å². The Morgan fingerprint density at radius 2 is 1.62 bits per heavy atom. The summed E-state index contributed by atoms with van der Waals surface area (Å²) < 4.78 is 10.5. The fraction of sp³-hybridized carbons (Fsp3) is 0.474. The number of imide groups is 1. The fourth-order valence-electron chi connectivity index (χ4n) is 4.46. The predicted molar refractivity (Wildman–Crippen MR) is 87.7 cm³/mol. The summed E-state index contributed by atoms with van der Waals surface area (Å²) in [6, 6.07) is 5.69. The minimum absolute atomic E-state index is 0.0160. The molecule has 2 amide bonds. The molecule has 24 heavy (non-hydrogen) atoms. The Bertz CT molecular complexity index is 696. The molecule has 126 valence electrons. The number of hydrogen-bond acceptors (Lipinski definition) is 4. The number of fused-ring (bicyclic) bond motifs is 5. The van der Waals surface area contributed by atoms with Crippen LogP contribution in [0.3, 0.4) is 0 Å². The molecule has 2 aliphatic carbocycles. The summed E-state index contributed by atoms with van der Waals surface area (Å²) in [5.74, 6) is 1.67. The van der Waals surface area contributed by atoms with Crippen molar-refractivity contribution in [2.45, 2.75) is 12.8 Å². The normalized spacial score (nSPS) is 30.2. The van der Waals surface area contributed by atoms with Gasteiger partial charge in [0.2, 0.25) is 11.8 Å². The van der Waals surface area contributed by atoms with Crippen LogP contribution in [0.2, 0.25) is 0 Å². The van der Waals surface area contributed by atoms with Crippen LogP contribution in [0.1, 0.15) is 12.0 Å². The molecule has 2 fully saturated rings. The van der Waals surface area contributed by atoms with Gasteiger partial charge in [0.1, 0.15) is 0 Å². The Morgan fingerprint density at radius 1 is 1.00 bits per heavy atom. The molecule has 0 N–H and O–H groups in total. The SMILES string of the molecule is COc1ccc(CCN2C(=O)[C@@H]3[C@H](C2=O)[C@H]2C=C[C@H]3C2)cc1OC. The Labute approximate surface area is 141 Å². The number of methoxy groups -OCH3 is 2. The van der Waals surface area contributed by atoms with Crippen molar-refractivity contribution in [2.75, 3.05) is 20.8 Å². The smallest absolute Gasteiger partial charge is 0.233 e. The molecule has 1 saturated heterocycles. The predicted octanol–water partition coefficient (Wildman–Crippen LogP) is 2.05. The Kier molecular flexibility index (Phi) is 3.59. The lowest BCUT2D eigenvalue weighted by molar-refractivity contribution is -0.140. The maximum absolute atomic E-state index is 12.7. The molecule has 0 aromatic heterocycles. The number of amides is 2. The molecule has 4 rings (SSSR count). The van der Waals surface area contributed by atoms with E-state index in [0.717, 1.165) is 12.0 Å². The summed E-state index contributed by atoms with van der Waals surface area (Å²) >= 11 is 0. The molecular weight excluding hydrogens is 306 g/mol. The van der Waals surface area contributed by atoms with E-state index in [2.05, 4.69) is 12.2 Å². The van der Waals surface area contributed by atoms with Gasteiger partial charge in [-0.25, -0.2) is 0 Å². The highest BCUT2D eigenvalue weighted by Crippen LogP contribution is 2.52. The van der Waals surface area contributed by atoms with Crippen molar-refractivity contribution in [3.05, 3.63) is 35.9 Å². The van der Waals surface area contributed by atoms with E-state index in [1.54, 1.807) is 14.2 Å². The molecule has 0 spiro atoms. The van der Waals surface area contributed by atoms with E-state index in [0.29, 0.717) is 24.5 Å². The van der Waals surface area contributed by atoms with Crippen LogP contribution in [0.4, 0.5) is 0 Å². The largest absolute Gasteiger partial charge is 0.493 e. The van der Waals surface area contributed by atoms with Gasteiger partial charge in [0, 0.05) is 6.54 Å². The first kappa shape index (κ1) is 15.2. The second-order valence-corrected chi connectivity index (χ2v) is 6.77. The van der Waals surface area contributed by atoms with Crippen LogP contribution >= 0.6 is 0 Å². The molecule has 2 bridgehead atoms. The molecule has 4 atom stereocenters. The van der Waals surface area contributed by atoms with E-state index in [1.807, 2.05) is 18.2 Å². The van der Waals surface area contributed by atoms with Crippen LogP contribution in [0.5, 0.6) is 11.5 Å². The molecule has 0 radical (unpaired) electrons. The van der Waals surface area contributed by atoms with Crippen LogP contribution in [-0.4, -0.2) is 37.5 Å². The zero-order valence-corrected chi connectivity index (χ0v) is 13.9. The number of carbonyl (C=O) groups is 2.